The SMILES string of the molecule is C[n+]1ccc(CC(=O)N2CCN(C3c4ccc(Cl)cc4CCc4c(Cl)ccnc43)CC2)cc1. The van der Waals surface area contributed by atoms with Crippen LogP contribution in [0.3, 0.4) is 0 Å². The molecular weight excluding hydrogens is 455 g/mol. The van der Waals surface area contributed by atoms with Crippen molar-refractivity contribution >= 4 is 29.1 Å². The van der Waals surface area contributed by atoms with Crippen molar-refractivity contribution in [1.29, 1.82) is 0 Å². The van der Waals surface area contributed by atoms with Gasteiger partial charge in [-0.2, -0.15) is 0 Å². The van der Waals surface area contributed by atoms with Crippen molar-refractivity contribution in [2.24, 2.45) is 7.05 Å². The van der Waals surface area contributed by atoms with Gasteiger partial charge in [-0.1, -0.05) is 29.3 Å². The molecule has 2 aliphatic rings. The summed E-state index contributed by atoms with van der Waals surface area (Å²) in [5.74, 6) is 0.179. The number of aryl methyl sites for hydroxylation is 2. The lowest BCUT2D eigenvalue weighted by molar-refractivity contribution is -0.671. The van der Waals surface area contributed by atoms with Crippen LogP contribution in [0.25, 0.3) is 0 Å². The van der Waals surface area contributed by atoms with E-state index < -0.39 is 0 Å². The molecule has 5 nitrogen and oxygen atoms in total. The highest BCUT2D eigenvalue weighted by Gasteiger charge is 2.33. The fourth-order valence-electron chi connectivity index (χ4n) is 4.97. The number of benzene rings is 1. The minimum Gasteiger partial charge on any atom is -0.340 e. The lowest BCUT2D eigenvalue weighted by atomic mass is 9.96. The Morgan fingerprint density at radius 1 is 1.06 bits per heavy atom. The van der Waals surface area contributed by atoms with Gasteiger partial charge >= 0.3 is 0 Å². The zero-order valence-corrected chi connectivity index (χ0v) is 20.2. The number of halogens is 2. The number of rotatable bonds is 3. The van der Waals surface area contributed by atoms with E-state index in [0.717, 1.165) is 52.8 Å². The second-order valence-corrected chi connectivity index (χ2v) is 9.71. The third kappa shape index (κ3) is 4.63. The van der Waals surface area contributed by atoms with Crippen LogP contribution in [0, 0.1) is 0 Å². The van der Waals surface area contributed by atoms with Gasteiger partial charge in [0.25, 0.3) is 0 Å². The topological polar surface area (TPSA) is 40.3 Å². The van der Waals surface area contributed by atoms with E-state index in [-0.39, 0.29) is 11.9 Å². The molecule has 0 bridgehead atoms. The summed E-state index contributed by atoms with van der Waals surface area (Å²) in [6.45, 7) is 2.98. The van der Waals surface area contributed by atoms with E-state index in [1.165, 1.54) is 11.1 Å². The van der Waals surface area contributed by atoms with E-state index in [1.807, 2.05) is 53.2 Å². The monoisotopic (exact) mass is 481 g/mol. The van der Waals surface area contributed by atoms with Crippen LogP contribution in [0.15, 0.2) is 55.0 Å². The van der Waals surface area contributed by atoms with E-state index >= 15 is 0 Å². The molecule has 170 valence electrons. The average molecular weight is 482 g/mol. The highest BCUT2D eigenvalue weighted by atomic mass is 35.5. The number of amides is 1. The summed E-state index contributed by atoms with van der Waals surface area (Å²) in [5.41, 5.74) is 5.68. The first kappa shape index (κ1) is 22.3. The zero-order chi connectivity index (χ0) is 22.9. The lowest BCUT2D eigenvalue weighted by Crippen LogP contribution is -2.50. The largest absolute Gasteiger partial charge is 0.340 e. The molecule has 33 heavy (non-hydrogen) atoms. The molecule has 1 unspecified atom stereocenters. The minimum atomic E-state index is 0.0137. The third-order valence-electron chi connectivity index (χ3n) is 6.77. The fourth-order valence-corrected chi connectivity index (χ4v) is 5.41. The number of piperazine rings is 1. The van der Waals surface area contributed by atoms with Crippen LogP contribution in [-0.2, 0) is 31.1 Å². The maximum Gasteiger partial charge on any atom is 0.227 e. The average Bonchev–Trinajstić information content (AvgIpc) is 2.98. The number of nitrogens with zero attached hydrogens (tertiary/aromatic N) is 4. The van der Waals surface area contributed by atoms with E-state index in [4.69, 9.17) is 28.2 Å². The Balaban J connectivity index is 1.37. The summed E-state index contributed by atoms with van der Waals surface area (Å²) in [5, 5.41) is 1.52. The van der Waals surface area contributed by atoms with Crippen LogP contribution in [0.1, 0.15) is 34.0 Å². The number of aromatic nitrogens is 2. The summed E-state index contributed by atoms with van der Waals surface area (Å²) < 4.78 is 1.97. The van der Waals surface area contributed by atoms with Gasteiger partial charge in [-0.25, -0.2) is 4.57 Å². The van der Waals surface area contributed by atoms with Gasteiger partial charge in [-0.15, -0.1) is 0 Å². The number of hydrogen-bond donors (Lipinski definition) is 0. The molecule has 1 aromatic carbocycles. The molecule has 0 spiro atoms. The number of carbonyl (C=O) groups excluding carboxylic acids is 1. The standard InChI is InChI=1S/C26H27Cl2N4O/c1-30-10-7-18(8-11-30)16-24(33)31-12-14-32(15-13-31)26-21-5-3-20(27)17-19(21)2-4-22-23(28)6-9-29-25(22)26/h3,5-11,17,26H,2,4,12-16H2,1H3/q+1. The van der Waals surface area contributed by atoms with Gasteiger partial charge in [0.15, 0.2) is 12.4 Å². The van der Waals surface area contributed by atoms with Gasteiger partial charge in [-0.05, 0) is 53.3 Å². The Morgan fingerprint density at radius 3 is 2.58 bits per heavy atom. The van der Waals surface area contributed by atoms with Gasteiger partial charge in [0, 0.05) is 54.6 Å². The molecule has 1 aliphatic carbocycles. The smallest absolute Gasteiger partial charge is 0.227 e. The van der Waals surface area contributed by atoms with Crippen LogP contribution in [0.4, 0.5) is 0 Å². The van der Waals surface area contributed by atoms with Crippen LogP contribution >= 0.6 is 23.2 Å². The van der Waals surface area contributed by atoms with Crippen molar-refractivity contribution in [3.8, 4) is 0 Å². The van der Waals surface area contributed by atoms with Gasteiger partial charge < -0.3 is 4.90 Å². The molecular formula is C26H27Cl2N4O+. The predicted octanol–water partition coefficient (Wildman–Crippen LogP) is 3.79. The molecule has 5 rings (SSSR count). The number of carbonyl (C=O) groups is 1. The molecule has 0 radical (unpaired) electrons. The Kier molecular flexibility index (Phi) is 6.37. The van der Waals surface area contributed by atoms with Crippen LogP contribution in [-0.4, -0.2) is 46.9 Å². The van der Waals surface area contributed by atoms with E-state index in [2.05, 4.69) is 17.0 Å². The minimum absolute atomic E-state index is 0.0137. The Hall–Kier alpha value is -2.47. The van der Waals surface area contributed by atoms with E-state index in [9.17, 15) is 4.79 Å². The molecule has 0 N–H and O–H groups in total. The quantitative estimate of drug-likeness (QED) is 0.534. The molecule has 0 saturated carbocycles. The molecule has 1 atom stereocenters. The van der Waals surface area contributed by atoms with Crippen LogP contribution < -0.4 is 4.57 Å². The zero-order valence-electron chi connectivity index (χ0n) is 18.7. The van der Waals surface area contributed by atoms with Crippen LogP contribution in [0.5, 0.6) is 0 Å². The summed E-state index contributed by atoms with van der Waals surface area (Å²) in [4.78, 5) is 22.1. The first-order valence-electron chi connectivity index (χ1n) is 11.4. The summed E-state index contributed by atoms with van der Waals surface area (Å²) in [6.07, 6.45) is 7.93. The second-order valence-electron chi connectivity index (χ2n) is 8.87. The lowest BCUT2D eigenvalue weighted by Gasteiger charge is -2.40. The van der Waals surface area contributed by atoms with Crippen molar-refractivity contribution < 1.29 is 9.36 Å². The predicted molar refractivity (Wildman–Crippen MR) is 129 cm³/mol. The molecule has 3 heterocycles. The van der Waals surface area contributed by atoms with E-state index in [1.54, 1.807) is 6.20 Å². The number of pyridine rings is 2. The Bertz CT molecular complexity index is 1170. The summed E-state index contributed by atoms with van der Waals surface area (Å²) in [6, 6.07) is 12.1. The molecule has 1 saturated heterocycles. The number of hydrogen-bond acceptors (Lipinski definition) is 3. The molecule has 1 fully saturated rings. The second kappa shape index (κ2) is 9.41. The van der Waals surface area contributed by atoms with Crippen molar-refractivity contribution in [1.82, 2.24) is 14.8 Å². The maximum atomic E-state index is 12.9. The van der Waals surface area contributed by atoms with Crippen molar-refractivity contribution in [3.05, 3.63) is 93.0 Å². The first-order chi connectivity index (χ1) is 16.0. The summed E-state index contributed by atoms with van der Waals surface area (Å²) >= 11 is 12.9. The van der Waals surface area contributed by atoms with E-state index in [0.29, 0.717) is 19.5 Å². The first-order valence-corrected chi connectivity index (χ1v) is 12.1. The van der Waals surface area contributed by atoms with Gasteiger partial charge in [0.1, 0.15) is 7.05 Å². The molecule has 1 aliphatic heterocycles. The Morgan fingerprint density at radius 2 is 1.82 bits per heavy atom. The maximum absolute atomic E-state index is 12.9. The van der Waals surface area contributed by atoms with Gasteiger partial charge in [0.2, 0.25) is 5.91 Å². The highest BCUT2D eigenvalue weighted by molar-refractivity contribution is 6.31. The fraction of sp³-hybridized carbons (Fsp3) is 0.346. The van der Waals surface area contributed by atoms with Crippen molar-refractivity contribution in [2.75, 3.05) is 26.2 Å². The van der Waals surface area contributed by atoms with Crippen molar-refractivity contribution in [3.63, 3.8) is 0 Å². The van der Waals surface area contributed by atoms with Crippen molar-refractivity contribution in [2.45, 2.75) is 25.3 Å². The van der Waals surface area contributed by atoms with Gasteiger partial charge in [-0.3, -0.25) is 14.7 Å². The van der Waals surface area contributed by atoms with Crippen LogP contribution in [0.2, 0.25) is 10.0 Å². The summed E-state index contributed by atoms with van der Waals surface area (Å²) in [7, 11) is 1.98. The van der Waals surface area contributed by atoms with Gasteiger partial charge in [0.05, 0.1) is 18.2 Å². The molecule has 2 aromatic heterocycles. The normalized spacial score (nSPS) is 18.4. The number of fused-ring (bicyclic) bond motifs is 2. The third-order valence-corrected chi connectivity index (χ3v) is 7.36. The molecule has 7 heteroatoms. The molecule has 1 amide bonds. The highest BCUT2D eigenvalue weighted by Crippen LogP contribution is 2.39. The Labute approximate surface area is 204 Å². The molecule has 3 aromatic rings.